The highest BCUT2D eigenvalue weighted by Gasteiger charge is 2.21. The lowest BCUT2D eigenvalue weighted by molar-refractivity contribution is 0.102. The van der Waals surface area contributed by atoms with Crippen LogP contribution in [0.5, 0.6) is 5.75 Å². The first kappa shape index (κ1) is 23.4. The van der Waals surface area contributed by atoms with Crippen molar-refractivity contribution in [3.8, 4) is 17.1 Å². The molecule has 35 heavy (non-hydrogen) atoms. The number of anilines is 2. The number of carbonyl (C=O) groups excluding carboxylic acids is 1. The van der Waals surface area contributed by atoms with Gasteiger partial charge in [0.1, 0.15) is 22.2 Å². The van der Waals surface area contributed by atoms with Crippen LogP contribution in [0.15, 0.2) is 89.0 Å². The zero-order valence-electron chi connectivity index (χ0n) is 18.3. The summed E-state index contributed by atoms with van der Waals surface area (Å²) < 4.78 is 33.8. The van der Waals surface area contributed by atoms with Gasteiger partial charge in [0.05, 0.1) is 13.3 Å². The molecule has 0 saturated carbocycles. The van der Waals surface area contributed by atoms with Crippen LogP contribution in [0.1, 0.15) is 10.5 Å². The van der Waals surface area contributed by atoms with Gasteiger partial charge in [-0.25, -0.2) is 13.4 Å². The van der Waals surface area contributed by atoms with Gasteiger partial charge in [0.25, 0.3) is 15.9 Å². The van der Waals surface area contributed by atoms with E-state index in [-0.39, 0.29) is 27.7 Å². The third-order valence-corrected chi connectivity index (χ3v) is 6.26. The minimum absolute atomic E-state index is 0.0918. The molecule has 0 atom stereocenters. The van der Waals surface area contributed by atoms with E-state index in [1.807, 2.05) is 30.3 Å². The fourth-order valence-corrected chi connectivity index (χ4v) is 4.45. The molecule has 11 nitrogen and oxygen atoms in total. The van der Waals surface area contributed by atoms with Crippen LogP contribution >= 0.6 is 0 Å². The summed E-state index contributed by atoms with van der Waals surface area (Å²) in [6.07, 6.45) is 1.40. The van der Waals surface area contributed by atoms with Crippen LogP contribution in [0.2, 0.25) is 0 Å². The molecule has 0 fully saturated rings. The van der Waals surface area contributed by atoms with Crippen LogP contribution in [0.3, 0.4) is 0 Å². The second-order valence-electron chi connectivity index (χ2n) is 7.17. The van der Waals surface area contributed by atoms with Crippen molar-refractivity contribution in [1.29, 1.82) is 0 Å². The van der Waals surface area contributed by atoms with Crippen molar-refractivity contribution in [2.45, 2.75) is 4.90 Å². The van der Waals surface area contributed by atoms with E-state index in [0.29, 0.717) is 11.5 Å². The molecule has 0 unspecified atom stereocenters. The van der Waals surface area contributed by atoms with E-state index >= 15 is 0 Å². The Labute approximate surface area is 200 Å². The summed E-state index contributed by atoms with van der Waals surface area (Å²) in [5, 5.41) is 6.12. The number of rotatable bonds is 8. The van der Waals surface area contributed by atoms with Gasteiger partial charge in [0.15, 0.2) is 0 Å². The number of H-pyrrole nitrogens is 1. The number of hydrogen-bond acceptors (Lipinski definition) is 6. The summed E-state index contributed by atoms with van der Waals surface area (Å²) in [6, 6.07) is 19.4. The van der Waals surface area contributed by atoms with Gasteiger partial charge in [-0.15, -0.1) is 0 Å². The molecule has 0 radical (unpaired) electrons. The quantitative estimate of drug-likeness (QED) is 0.178. The van der Waals surface area contributed by atoms with Gasteiger partial charge < -0.3 is 15.0 Å². The maximum Gasteiger partial charge on any atom is 0.273 e. The van der Waals surface area contributed by atoms with Crippen molar-refractivity contribution in [2.24, 2.45) is 5.11 Å². The fraction of sp³-hybridized carbons (Fsp3) is 0.0435. The lowest BCUT2D eigenvalue weighted by atomic mass is 10.2. The Morgan fingerprint density at radius 2 is 1.77 bits per heavy atom. The number of ether oxygens (including phenoxy) is 1. The van der Waals surface area contributed by atoms with Crippen LogP contribution in [-0.2, 0) is 10.0 Å². The Morgan fingerprint density at radius 1 is 1.06 bits per heavy atom. The summed E-state index contributed by atoms with van der Waals surface area (Å²) in [7, 11) is -2.74. The van der Waals surface area contributed by atoms with E-state index in [0.717, 1.165) is 5.56 Å². The highest BCUT2D eigenvalue weighted by Crippen LogP contribution is 2.29. The second kappa shape index (κ2) is 10.00. The Balaban J connectivity index is 1.56. The molecule has 3 N–H and O–H groups in total. The average molecular weight is 490 g/mol. The van der Waals surface area contributed by atoms with Crippen molar-refractivity contribution >= 4 is 33.0 Å². The number of nitrogens with zero attached hydrogens (tertiary/aromatic N) is 4. The van der Waals surface area contributed by atoms with E-state index in [2.05, 4.69) is 30.0 Å². The maximum atomic E-state index is 13.1. The van der Waals surface area contributed by atoms with E-state index in [1.54, 1.807) is 0 Å². The topological polar surface area (TPSA) is 162 Å². The first-order valence-electron chi connectivity index (χ1n) is 10.2. The molecule has 0 bridgehead atoms. The highest BCUT2D eigenvalue weighted by molar-refractivity contribution is 7.92. The number of hydrogen-bond donors (Lipinski definition) is 3. The molecule has 176 valence electrons. The molecule has 0 spiro atoms. The normalized spacial score (nSPS) is 10.8. The molecule has 0 aliphatic heterocycles. The highest BCUT2D eigenvalue weighted by atomic mass is 32.2. The van der Waals surface area contributed by atoms with Crippen molar-refractivity contribution in [3.05, 3.63) is 95.1 Å². The Kier molecular flexibility index (Phi) is 6.67. The first-order chi connectivity index (χ1) is 16.9. The van der Waals surface area contributed by atoms with Crippen molar-refractivity contribution < 1.29 is 17.9 Å². The Bertz CT molecular complexity index is 1510. The van der Waals surface area contributed by atoms with Crippen molar-refractivity contribution in [1.82, 2.24) is 9.97 Å². The molecule has 3 aromatic carbocycles. The predicted molar refractivity (Wildman–Crippen MR) is 131 cm³/mol. The Hall–Kier alpha value is -4.80. The third-order valence-electron chi connectivity index (χ3n) is 4.86. The summed E-state index contributed by atoms with van der Waals surface area (Å²) in [6.45, 7) is 0. The van der Waals surface area contributed by atoms with Gasteiger partial charge in [-0.2, -0.15) is 0 Å². The summed E-state index contributed by atoms with van der Waals surface area (Å²) in [5.41, 5.74) is 10.4. The van der Waals surface area contributed by atoms with Crippen LogP contribution in [-0.4, -0.2) is 31.4 Å². The van der Waals surface area contributed by atoms with Gasteiger partial charge in [-0.05, 0) is 35.9 Å². The number of benzene rings is 3. The number of aromatic amines is 1. The van der Waals surface area contributed by atoms with Gasteiger partial charge in [-0.3, -0.25) is 9.52 Å². The number of aromatic nitrogens is 2. The number of methoxy groups -OCH3 is 1. The van der Waals surface area contributed by atoms with E-state index in [1.165, 1.54) is 55.8 Å². The molecule has 12 heteroatoms. The van der Waals surface area contributed by atoms with Gasteiger partial charge in [-0.1, -0.05) is 47.6 Å². The van der Waals surface area contributed by atoms with E-state index in [9.17, 15) is 13.2 Å². The van der Waals surface area contributed by atoms with Crippen LogP contribution in [0.25, 0.3) is 21.8 Å². The second-order valence-corrected chi connectivity index (χ2v) is 8.82. The largest absolute Gasteiger partial charge is 0.495 e. The molecule has 4 rings (SSSR count). The smallest absolute Gasteiger partial charge is 0.273 e. The number of sulfonamides is 1. The maximum absolute atomic E-state index is 13.1. The molecule has 4 aromatic rings. The van der Waals surface area contributed by atoms with Crippen molar-refractivity contribution in [3.63, 3.8) is 0 Å². The predicted octanol–water partition coefficient (Wildman–Crippen LogP) is 5.08. The van der Waals surface area contributed by atoms with E-state index in [4.69, 9.17) is 10.3 Å². The molecule has 1 amide bonds. The number of carbonyl (C=O) groups is 1. The number of nitrogens with one attached hydrogen (secondary N) is 3. The van der Waals surface area contributed by atoms with Crippen molar-refractivity contribution in [2.75, 3.05) is 17.1 Å². The van der Waals surface area contributed by atoms with E-state index < -0.39 is 15.9 Å². The number of amides is 1. The van der Waals surface area contributed by atoms with Gasteiger partial charge in [0, 0.05) is 27.5 Å². The zero-order chi connectivity index (χ0) is 24.8. The van der Waals surface area contributed by atoms with Crippen LogP contribution < -0.4 is 14.8 Å². The summed E-state index contributed by atoms with van der Waals surface area (Å²) in [4.78, 5) is 22.4. The molecule has 0 saturated heterocycles. The fourth-order valence-electron chi connectivity index (χ4n) is 3.20. The van der Waals surface area contributed by atoms with Gasteiger partial charge >= 0.3 is 0 Å². The van der Waals surface area contributed by atoms with Crippen LogP contribution in [0.4, 0.5) is 17.1 Å². The summed E-state index contributed by atoms with van der Waals surface area (Å²) in [5.74, 6) is 0.133. The molecule has 0 aliphatic rings. The SMILES string of the molecule is COc1ccc(NC(=O)c2cnc(-c3ccccc3)[nH]2)cc1S(=O)(=O)Nc1ccc(N=[N+]=[N-])cc1. The molecule has 1 heterocycles. The first-order valence-corrected chi connectivity index (χ1v) is 11.7. The molecular weight excluding hydrogens is 470 g/mol. The molecule has 0 aliphatic carbocycles. The molecular formula is C23H19N7O4S. The Morgan fingerprint density at radius 3 is 2.46 bits per heavy atom. The minimum atomic E-state index is -4.09. The minimum Gasteiger partial charge on any atom is -0.495 e. The third kappa shape index (κ3) is 5.41. The van der Waals surface area contributed by atoms with Gasteiger partial charge in [0.2, 0.25) is 0 Å². The lowest BCUT2D eigenvalue weighted by Gasteiger charge is -2.13. The lowest BCUT2D eigenvalue weighted by Crippen LogP contribution is -2.16. The summed E-state index contributed by atoms with van der Waals surface area (Å²) >= 11 is 0. The standard InChI is InChI=1S/C23H19N7O4S/c1-34-20-12-11-18(26-23(31)19-14-25-22(27-19)15-5-3-2-4-6-15)13-21(20)35(32,33)29-17-9-7-16(8-10-17)28-30-24/h2-14,29H,1H3,(H,25,27)(H,26,31). The van der Waals surface area contributed by atoms with Crippen LogP contribution in [0, 0.1) is 0 Å². The average Bonchev–Trinajstić information content (AvgIpc) is 3.36. The monoisotopic (exact) mass is 489 g/mol. The molecule has 1 aromatic heterocycles. The number of imidazole rings is 1. The zero-order valence-corrected chi connectivity index (χ0v) is 19.2. The number of azide groups is 1.